The van der Waals surface area contributed by atoms with Crippen molar-refractivity contribution in [2.45, 2.75) is 17.9 Å². The maximum Gasteiger partial charge on any atom is 0.338 e. The van der Waals surface area contributed by atoms with E-state index in [1.807, 2.05) is 72.8 Å². The topological polar surface area (TPSA) is 64.6 Å². The van der Waals surface area contributed by atoms with Gasteiger partial charge >= 0.3 is 5.97 Å². The Kier molecular flexibility index (Phi) is 8.55. The van der Waals surface area contributed by atoms with Crippen LogP contribution in [-0.2, 0) is 22.5 Å². The van der Waals surface area contributed by atoms with Crippen LogP contribution in [0.1, 0.15) is 21.5 Å². The van der Waals surface area contributed by atoms with Gasteiger partial charge in [-0.05, 0) is 41.8 Å². The number of methoxy groups -OCH3 is 1. The van der Waals surface area contributed by atoms with Crippen molar-refractivity contribution in [1.82, 2.24) is 5.32 Å². The fourth-order valence-corrected chi connectivity index (χ4v) is 3.94. The molecule has 0 atom stereocenters. The van der Waals surface area contributed by atoms with E-state index in [9.17, 15) is 9.59 Å². The van der Waals surface area contributed by atoms with Gasteiger partial charge in [-0.3, -0.25) is 4.79 Å². The number of ether oxygens (including phenoxy) is 2. The van der Waals surface area contributed by atoms with Crippen LogP contribution in [0.3, 0.4) is 0 Å². The molecule has 3 aromatic rings. The number of amides is 1. The molecular formula is C25H25NO4S. The van der Waals surface area contributed by atoms with Crippen LogP contribution in [-0.4, -0.2) is 31.3 Å². The molecule has 0 spiro atoms. The van der Waals surface area contributed by atoms with Crippen molar-refractivity contribution in [3.8, 4) is 5.75 Å². The van der Waals surface area contributed by atoms with Gasteiger partial charge in [0.1, 0.15) is 5.75 Å². The molecule has 0 aliphatic heterocycles. The van der Waals surface area contributed by atoms with Gasteiger partial charge in [-0.2, -0.15) is 0 Å². The van der Waals surface area contributed by atoms with Gasteiger partial charge in [-0.25, -0.2) is 4.79 Å². The van der Waals surface area contributed by atoms with Crippen molar-refractivity contribution < 1.29 is 19.1 Å². The quantitative estimate of drug-likeness (QED) is 0.375. The maximum atomic E-state index is 12.0. The Morgan fingerprint density at radius 3 is 2.32 bits per heavy atom. The van der Waals surface area contributed by atoms with Gasteiger partial charge in [0.25, 0.3) is 5.91 Å². The van der Waals surface area contributed by atoms with Crippen molar-refractivity contribution in [3.63, 3.8) is 0 Å². The number of carbonyl (C=O) groups excluding carboxylic acids is 2. The van der Waals surface area contributed by atoms with E-state index < -0.39 is 0 Å². The number of hydrogen-bond acceptors (Lipinski definition) is 5. The molecule has 0 aromatic heterocycles. The van der Waals surface area contributed by atoms with Gasteiger partial charge < -0.3 is 14.8 Å². The monoisotopic (exact) mass is 435 g/mol. The Hall–Kier alpha value is -3.25. The predicted octanol–water partition coefficient (Wildman–Crippen LogP) is 4.50. The molecule has 6 heteroatoms. The number of thioether (sulfide) groups is 1. The third kappa shape index (κ3) is 7.19. The first-order valence-electron chi connectivity index (χ1n) is 9.98. The summed E-state index contributed by atoms with van der Waals surface area (Å²) in [6, 6.07) is 24.9. The molecule has 0 aliphatic rings. The van der Waals surface area contributed by atoms with Crippen molar-refractivity contribution >= 4 is 23.6 Å². The highest BCUT2D eigenvalue weighted by molar-refractivity contribution is 7.99. The molecule has 0 saturated heterocycles. The van der Waals surface area contributed by atoms with Crippen molar-refractivity contribution in [1.29, 1.82) is 0 Å². The van der Waals surface area contributed by atoms with E-state index in [0.29, 0.717) is 17.9 Å². The van der Waals surface area contributed by atoms with Crippen LogP contribution in [0.5, 0.6) is 5.75 Å². The molecule has 1 N–H and O–H groups in total. The van der Waals surface area contributed by atoms with Crippen LogP contribution in [0.2, 0.25) is 0 Å². The van der Waals surface area contributed by atoms with Gasteiger partial charge in [-0.15, -0.1) is 11.8 Å². The van der Waals surface area contributed by atoms with Crippen LogP contribution in [0.25, 0.3) is 0 Å². The lowest BCUT2D eigenvalue weighted by molar-refractivity contribution is -0.123. The average molecular weight is 436 g/mol. The van der Waals surface area contributed by atoms with E-state index in [2.05, 4.69) is 5.32 Å². The van der Waals surface area contributed by atoms with Gasteiger partial charge in [0.05, 0.1) is 12.7 Å². The molecule has 0 unspecified atom stereocenters. The van der Waals surface area contributed by atoms with E-state index in [0.717, 1.165) is 28.2 Å². The Morgan fingerprint density at radius 2 is 1.58 bits per heavy atom. The second kappa shape index (κ2) is 11.8. The highest BCUT2D eigenvalue weighted by Crippen LogP contribution is 2.24. The van der Waals surface area contributed by atoms with Gasteiger partial charge in [0.2, 0.25) is 0 Å². The molecule has 3 aromatic carbocycles. The number of hydrogen-bond donors (Lipinski definition) is 1. The van der Waals surface area contributed by atoms with E-state index in [1.54, 1.807) is 17.8 Å². The summed E-state index contributed by atoms with van der Waals surface area (Å²) in [4.78, 5) is 24.7. The smallest absolute Gasteiger partial charge is 0.338 e. The fourth-order valence-electron chi connectivity index (χ4n) is 2.90. The molecule has 0 radical (unpaired) electrons. The predicted molar refractivity (Wildman–Crippen MR) is 122 cm³/mol. The Bertz CT molecular complexity index is 990. The summed E-state index contributed by atoms with van der Waals surface area (Å²) in [5, 5.41) is 2.84. The van der Waals surface area contributed by atoms with Crippen LogP contribution >= 0.6 is 11.8 Å². The summed E-state index contributed by atoms with van der Waals surface area (Å²) in [5.41, 5.74) is 2.79. The average Bonchev–Trinajstić information content (AvgIpc) is 2.82. The maximum absolute atomic E-state index is 12.0. The SMILES string of the molecule is COC(=O)c1ccccc1SCCc1ccc(OCC(=O)NCc2ccccc2)cc1. The summed E-state index contributed by atoms with van der Waals surface area (Å²) in [6.45, 7) is 0.463. The lowest BCUT2D eigenvalue weighted by Gasteiger charge is -2.09. The summed E-state index contributed by atoms with van der Waals surface area (Å²) in [5.74, 6) is 1.00. The van der Waals surface area contributed by atoms with Crippen LogP contribution in [0, 0.1) is 0 Å². The van der Waals surface area contributed by atoms with Gasteiger partial charge in [0.15, 0.2) is 6.61 Å². The molecule has 3 rings (SSSR count). The zero-order valence-electron chi connectivity index (χ0n) is 17.4. The van der Waals surface area contributed by atoms with E-state index in [1.165, 1.54) is 7.11 Å². The zero-order chi connectivity index (χ0) is 21.9. The third-order valence-electron chi connectivity index (χ3n) is 4.57. The normalized spacial score (nSPS) is 10.4. The lowest BCUT2D eigenvalue weighted by atomic mass is 10.2. The van der Waals surface area contributed by atoms with E-state index in [-0.39, 0.29) is 18.5 Å². The second-order valence-electron chi connectivity index (χ2n) is 6.78. The molecule has 0 saturated carbocycles. The highest BCUT2D eigenvalue weighted by atomic mass is 32.2. The number of rotatable bonds is 10. The molecule has 0 aliphatic carbocycles. The standard InChI is InChI=1S/C25H25NO4S/c1-29-25(28)22-9-5-6-10-23(22)31-16-15-19-11-13-21(14-12-19)30-18-24(27)26-17-20-7-3-2-4-8-20/h2-14H,15-18H2,1H3,(H,26,27). The molecule has 0 heterocycles. The number of nitrogens with one attached hydrogen (secondary N) is 1. The molecule has 160 valence electrons. The lowest BCUT2D eigenvalue weighted by Crippen LogP contribution is -2.28. The van der Waals surface area contributed by atoms with Crippen LogP contribution < -0.4 is 10.1 Å². The Balaban J connectivity index is 1.41. The van der Waals surface area contributed by atoms with Gasteiger partial charge in [0, 0.05) is 17.2 Å². The summed E-state index contributed by atoms with van der Waals surface area (Å²) >= 11 is 1.62. The molecular weight excluding hydrogens is 410 g/mol. The third-order valence-corrected chi connectivity index (χ3v) is 5.64. The van der Waals surface area contributed by atoms with E-state index >= 15 is 0 Å². The fraction of sp³-hybridized carbons (Fsp3) is 0.200. The number of benzene rings is 3. The zero-order valence-corrected chi connectivity index (χ0v) is 18.2. The largest absolute Gasteiger partial charge is 0.484 e. The minimum Gasteiger partial charge on any atom is -0.484 e. The van der Waals surface area contributed by atoms with Gasteiger partial charge in [-0.1, -0.05) is 54.6 Å². The van der Waals surface area contributed by atoms with Crippen LogP contribution in [0.4, 0.5) is 0 Å². The van der Waals surface area contributed by atoms with Crippen molar-refractivity contribution in [2.24, 2.45) is 0 Å². The number of aryl methyl sites for hydroxylation is 1. The highest BCUT2D eigenvalue weighted by Gasteiger charge is 2.11. The number of esters is 1. The minimum absolute atomic E-state index is 0.0215. The minimum atomic E-state index is -0.322. The first-order chi connectivity index (χ1) is 15.2. The van der Waals surface area contributed by atoms with Crippen molar-refractivity contribution in [3.05, 3.63) is 95.6 Å². The van der Waals surface area contributed by atoms with Crippen LogP contribution in [0.15, 0.2) is 83.8 Å². The molecule has 31 heavy (non-hydrogen) atoms. The summed E-state index contributed by atoms with van der Waals surface area (Å²) in [7, 11) is 1.39. The molecule has 0 bridgehead atoms. The Labute approximate surface area is 186 Å². The Morgan fingerprint density at radius 1 is 0.871 bits per heavy atom. The first-order valence-corrected chi connectivity index (χ1v) is 11.0. The second-order valence-corrected chi connectivity index (χ2v) is 7.92. The number of carbonyl (C=O) groups is 2. The molecule has 1 amide bonds. The summed E-state index contributed by atoms with van der Waals surface area (Å²) in [6.07, 6.45) is 0.845. The van der Waals surface area contributed by atoms with Crippen molar-refractivity contribution in [2.75, 3.05) is 19.5 Å². The first kappa shape index (κ1) is 22.4. The molecule has 0 fully saturated rings. The molecule has 5 nitrogen and oxygen atoms in total. The summed E-state index contributed by atoms with van der Waals surface area (Å²) < 4.78 is 10.4. The van der Waals surface area contributed by atoms with E-state index in [4.69, 9.17) is 9.47 Å².